The molecule has 1 aliphatic rings. The number of hydrogen-bond donors (Lipinski definition) is 1. The fraction of sp³-hybridized carbons (Fsp3) is 0.444. The van der Waals surface area contributed by atoms with Crippen molar-refractivity contribution >= 4 is 0 Å². The van der Waals surface area contributed by atoms with Crippen molar-refractivity contribution in [2.45, 2.75) is 39.3 Å². The van der Waals surface area contributed by atoms with Crippen LogP contribution in [0.1, 0.15) is 43.2 Å². The van der Waals surface area contributed by atoms with Crippen molar-refractivity contribution in [2.75, 3.05) is 7.11 Å². The van der Waals surface area contributed by atoms with Crippen LogP contribution in [0.3, 0.4) is 0 Å². The third-order valence-corrected chi connectivity index (χ3v) is 4.38. The molecule has 0 bridgehead atoms. The summed E-state index contributed by atoms with van der Waals surface area (Å²) < 4.78 is 7.46. The number of nitrogens with zero attached hydrogens (tertiary/aromatic N) is 1. The summed E-state index contributed by atoms with van der Waals surface area (Å²) in [6, 6.07) is 10.2. The van der Waals surface area contributed by atoms with E-state index in [2.05, 4.69) is 42.8 Å². The molecule has 1 aromatic heterocycles. The largest absolute Gasteiger partial charge is 0.497 e. The molecule has 3 rings (SSSR count). The maximum absolute atomic E-state index is 10.3. The Morgan fingerprint density at radius 1 is 1.24 bits per heavy atom. The van der Waals surface area contributed by atoms with Crippen LogP contribution in [0.2, 0.25) is 0 Å². The Bertz CT molecular complexity index is 625. The number of hydrogen-bond acceptors (Lipinski definition) is 2. The summed E-state index contributed by atoms with van der Waals surface area (Å²) >= 11 is 0. The summed E-state index contributed by atoms with van der Waals surface area (Å²) in [5.74, 6) is 0.879. The summed E-state index contributed by atoms with van der Waals surface area (Å²) in [5.41, 5.74) is 3.77. The fourth-order valence-electron chi connectivity index (χ4n) is 3.26. The lowest BCUT2D eigenvalue weighted by atomic mass is 9.75. The predicted octanol–water partition coefficient (Wildman–Crippen LogP) is 3.55. The Morgan fingerprint density at radius 3 is 2.62 bits per heavy atom. The SMILES string of the molecule is COc1ccc(Cn2ccc3c2CC(C)(C)CC3O)cc1. The number of fused-ring (bicyclic) bond motifs is 1. The molecule has 0 fully saturated rings. The number of aromatic nitrogens is 1. The topological polar surface area (TPSA) is 34.4 Å². The normalized spacial score (nSPS) is 20.1. The van der Waals surface area contributed by atoms with Crippen LogP contribution < -0.4 is 4.74 Å². The lowest BCUT2D eigenvalue weighted by Gasteiger charge is -2.34. The predicted molar refractivity (Wildman–Crippen MR) is 83.6 cm³/mol. The lowest BCUT2D eigenvalue weighted by molar-refractivity contribution is 0.0981. The van der Waals surface area contributed by atoms with Gasteiger partial charge >= 0.3 is 0 Å². The highest BCUT2D eigenvalue weighted by molar-refractivity contribution is 5.32. The summed E-state index contributed by atoms with van der Waals surface area (Å²) in [6.45, 7) is 5.29. The van der Waals surface area contributed by atoms with Crippen molar-refractivity contribution in [3.05, 3.63) is 53.3 Å². The first-order chi connectivity index (χ1) is 9.98. The Morgan fingerprint density at radius 2 is 1.95 bits per heavy atom. The van der Waals surface area contributed by atoms with Gasteiger partial charge in [0.1, 0.15) is 5.75 Å². The van der Waals surface area contributed by atoms with Gasteiger partial charge < -0.3 is 14.4 Å². The van der Waals surface area contributed by atoms with Crippen molar-refractivity contribution < 1.29 is 9.84 Å². The van der Waals surface area contributed by atoms with E-state index in [0.717, 1.165) is 30.7 Å². The van der Waals surface area contributed by atoms with Gasteiger partial charge in [-0.25, -0.2) is 0 Å². The van der Waals surface area contributed by atoms with Gasteiger partial charge in [0.15, 0.2) is 0 Å². The van der Waals surface area contributed by atoms with Gasteiger partial charge in [-0.05, 0) is 42.0 Å². The highest BCUT2D eigenvalue weighted by Gasteiger charge is 2.33. The van der Waals surface area contributed by atoms with Crippen LogP contribution in [0.5, 0.6) is 5.75 Å². The molecule has 0 saturated carbocycles. The van der Waals surface area contributed by atoms with Crippen LogP contribution in [0.25, 0.3) is 0 Å². The first kappa shape index (κ1) is 14.2. The monoisotopic (exact) mass is 285 g/mol. The Kier molecular flexibility index (Phi) is 3.54. The first-order valence-electron chi connectivity index (χ1n) is 7.47. The molecule has 21 heavy (non-hydrogen) atoms. The Hall–Kier alpha value is -1.74. The molecule has 1 N–H and O–H groups in total. The van der Waals surface area contributed by atoms with Gasteiger partial charge in [-0.1, -0.05) is 26.0 Å². The molecule has 0 amide bonds. The average molecular weight is 285 g/mol. The fourth-order valence-corrected chi connectivity index (χ4v) is 3.26. The second kappa shape index (κ2) is 5.23. The van der Waals surface area contributed by atoms with Crippen LogP contribution in [0.4, 0.5) is 0 Å². The minimum Gasteiger partial charge on any atom is -0.497 e. The molecule has 0 saturated heterocycles. The zero-order chi connectivity index (χ0) is 15.0. The van der Waals surface area contributed by atoms with E-state index in [0.29, 0.717) is 0 Å². The molecule has 1 aliphatic carbocycles. The third-order valence-electron chi connectivity index (χ3n) is 4.38. The summed E-state index contributed by atoms with van der Waals surface area (Å²) in [6.07, 6.45) is 3.62. The van der Waals surface area contributed by atoms with Gasteiger partial charge in [0.05, 0.1) is 13.2 Å². The summed E-state index contributed by atoms with van der Waals surface area (Å²) in [7, 11) is 1.68. The lowest BCUT2D eigenvalue weighted by Crippen LogP contribution is -2.26. The second-order valence-electron chi connectivity index (χ2n) is 6.75. The zero-order valence-electron chi connectivity index (χ0n) is 13.0. The van der Waals surface area contributed by atoms with Crippen LogP contribution in [0.15, 0.2) is 36.5 Å². The number of ether oxygens (including phenoxy) is 1. The van der Waals surface area contributed by atoms with Crippen LogP contribution in [-0.4, -0.2) is 16.8 Å². The van der Waals surface area contributed by atoms with Gasteiger partial charge in [0, 0.05) is 24.0 Å². The maximum Gasteiger partial charge on any atom is 0.118 e. The standard InChI is InChI=1S/C18H23NO2/c1-18(2)10-16-15(17(20)11-18)8-9-19(16)12-13-4-6-14(21-3)7-5-13/h4-9,17,20H,10-12H2,1-3H3. The molecular formula is C18H23NO2. The Labute approximate surface area is 126 Å². The third kappa shape index (κ3) is 2.84. The molecule has 0 spiro atoms. The minimum absolute atomic E-state index is 0.155. The van der Waals surface area contributed by atoms with Crippen molar-refractivity contribution in [3.8, 4) is 5.75 Å². The highest BCUT2D eigenvalue weighted by Crippen LogP contribution is 2.41. The van der Waals surface area contributed by atoms with E-state index in [-0.39, 0.29) is 11.5 Å². The van der Waals surface area contributed by atoms with Gasteiger partial charge in [-0.2, -0.15) is 0 Å². The molecule has 112 valence electrons. The minimum atomic E-state index is -0.333. The molecule has 1 aromatic carbocycles. The van der Waals surface area contributed by atoms with Gasteiger partial charge in [-0.15, -0.1) is 0 Å². The van der Waals surface area contributed by atoms with Crippen LogP contribution in [0, 0.1) is 5.41 Å². The molecule has 2 aromatic rings. The van der Waals surface area contributed by atoms with Crippen molar-refractivity contribution in [1.82, 2.24) is 4.57 Å². The van der Waals surface area contributed by atoms with Crippen molar-refractivity contribution in [3.63, 3.8) is 0 Å². The number of methoxy groups -OCH3 is 1. The number of aliphatic hydroxyl groups is 1. The van der Waals surface area contributed by atoms with Gasteiger partial charge in [0.25, 0.3) is 0 Å². The second-order valence-corrected chi connectivity index (χ2v) is 6.75. The first-order valence-corrected chi connectivity index (χ1v) is 7.47. The average Bonchev–Trinajstić information content (AvgIpc) is 2.81. The summed E-state index contributed by atoms with van der Waals surface area (Å²) in [4.78, 5) is 0. The molecule has 1 unspecified atom stereocenters. The quantitative estimate of drug-likeness (QED) is 0.936. The van der Waals surface area contributed by atoms with Gasteiger partial charge in [-0.3, -0.25) is 0 Å². The van der Waals surface area contributed by atoms with Crippen molar-refractivity contribution in [2.24, 2.45) is 5.41 Å². The van der Waals surface area contributed by atoms with Crippen molar-refractivity contribution in [1.29, 1.82) is 0 Å². The molecule has 0 aliphatic heterocycles. The number of benzene rings is 1. The molecule has 0 radical (unpaired) electrons. The molecule has 3 nitrogen and oxygen atoms in total. The van der Waals surface area contributed by atoms with E-state index in [1.807, 2.05) is 12.1 Å². The molecule has 1 heterocycles. The summed E-state index contributed by atoms with van der Waals surface area (Å²) in [5, 5.41) is 10.3. The molecule has 1 atom stereocenters. The van der Waals surface area contributed by atoms with E-state index in [4.69, 9.17) is 4.74 Å². The van der Waals surface area contributed by atoms with E-state index in [1.165, 1.54) is 11.3 Å². The van der Waals surface area contributed by atoms with Crippen LogP contribution in [-0.2, 0) is 13.0 Å². The van der Waals surface area contributed by atoms with E-state index < -0.39 is 0 Å². The number of aliphatic hydroxyl groups excluding tert-OH is 1. The Balaban J connectivity index is 1.87. The van der Waals surface area contributed by atoms with E-state index >= 15 is 0 Å². The highest BCUT2D eigenvalue weighted by atomic mass is 16.5. The smallest absolute Gasteiger partial charge is 0.118 e. The van der Waals surface area contributed by atoms with E-state index in [9.17, 15) is 5.11 Å². The molecule has 3 heteroatoms. The van der Waals surface area contributed by atoms with E-state index in [1.54, 1.807) is 7.11 Å². The maximum atomic E-state index is 10.3. The van der Waals surface area contributed by atoms with Crippen LogP contribution >= 0.6 is 0 Å². The molecular weight excluding hydrogens is 262 g/mol. The zero-order valence-corrected chi connectivity index (χ0v) is 13.0. The number of rotatable bonds is 3. The van der Waals surface area contributed by atoms with Gasteiger partial charge in [0.2, 0.25) is 0 Å².